The van der Waals surface area contributed by atoms with Crippen molar-refractivity contribution in [2.24, 2.45) is 0 Å². The van der Waals surface area contributed by atoms with Crippen LogP contribution < -0.4 is 5.32 Å². The summed E-state index contributed by atoms with van der Waals surface area (Å²) in [5.74, 6) is -0.273. The Morgan fingerprint density at radius 2 is 0.710 bits per heavy atom. The van der Waals surface area contributed by atoms with Crippen molar-refractivity contribution in [1.29, 1.82) is 0 Å². The van der Waals surface area contributed by atoms with Crippen molar-refractivity contribution in [1.82, 2.24) is 5.32 Å². The Morgan fingerprint density at radius 1 is 0.387 bits per heavy atom. The fourth-order valence-electron chi connectivity index (χ4n) is 12.6. The predicted octanol–water partition coefficient (Wildman–Crippen LogP) is 10.9. The molecule has 19 heteroatoms. The predicted molar refractivity (Wildman–Crippen MR) is 365 cm³/mol. The molecule has 0 aromatic heterocycles. The number of allylic oxidation sites excluding steroid dienone is 7. The first-order valence-corrected chi connectivity index (χ1v) is 37.4. The van der Waals surface area contributed by atoms with Crippen molar-refractivity contribution in [3.63, 3.8) is 0 Å². The van der Waals surface area contributed by atoms with Gasteiger partial charge in [-0.1, -0.05) is 268 Å². The van der Waals surface area contributed by atoms with Crippen molar-refractivity contribution in [2.45, 2.75) is 388 Å². The quantitative estimate of drug-likeness (QED) is 0.0199. The van der Waals surface area contributed by atoms with Gasteiger partial charge in [0.2, 0.25) is 5.91 Å². The summed E-state index contributed by atoms with van der Waals surface area (Å²) >= 11 is 0. The molecule has 0 bridgehead atoms. The van der Waals surface area contributed by atoms with E-state index in [4.69, 9.17) is 28.4 Å². The zero-order chi connectivity index (χ0) is 67.5. The second-order valence-electron chi connectivity index (χ2n) is 26.8. The van der Waals surface area contributed by atoms with Crippen molar-refractivity contribution < 1.29 is 89.4 Å². The van der Waals surface area contributed by atoms with Crippen molar-refractivity contribution in [3.05, 3.63) is 48.6 Å². The first-order valence-electron chi connectivity index (χ1n) is 37.4. The molecular weight excluding hydrogens is 1190 g/mol. The van der Waals surface area contributed by atoms with Gasteiger partial charge in [0.15, 0.2) is 18.9 Å². The SMILES string of the molecule is CCCCCCC/C=C\C/C=C\C/C=C\CCCCCCCCCCCCCCCCCCCCC(=O)NC(COC1OC(CO)C(OC2OC(CO)C(OC3OC(CO)C(O)C(O)C3O)C(O)C2O)C(O)C1O)C(O)/C=C/CCCCCCCCCCCCCCC. The summed E-state index contributed by atoms with van der Waals surface area (Å²) < 4.78 is 34.4. The van der Waals surface area contributed by atoms with Crippen LogP contribution in [0.3, 0.4) is 0 Å². The molecule has 19 nitrogen and oxygen atoms in total. The molecular formula is C74H135NO18. The fraction of sp³-hybridized carbons (Fsp3) is 0.878. The standard InChI is InChI=1S/C74H135NO18/c1-3-5-7-9-11-13-15-17-19-20-21-22-23-24-25-26-27-28-29-30-31-32-33-34-35-36-38-40-42-44-46-48-50-52-62(80)75-57(58(79)51-49-47-45-43-41-39-37-18-16-14-12-10-8-6-4-2)56-88-72-68(86)65(83)70(60(54-77)90-72)93-74-69(87)66(84)71(61(55-78)91-74)92-73-67(85)64(82)63(81)59(53-76)89-73/h15,17,20-21,23-24,49,51,57-61,63-74,76-79,81-87H,3-14,16,18-19,22,25-48,50,52-56H2,1-2H3,(H,75,80)/b17-15-,21-20-,24-23-,51-49+. The van der Waals surface area contributed by atoms with Gasteiger partial charge in [-0.2, -0.15) is 0 Å². The van der Waals surface area contributed by atoms with Gasteiger partial charge in [0, 0.05) is 6.42 Å². The maximum absolute atomic E-state index is 13.4. The molecule has 0 aromatic rings. The number of aliphatic hydroxyl groups excluding tert-OH is 11. The molecule has 0 saturated carbocycles. The van der Waals surface area contributed by atoms with Crippen LogP contribution in [0.15, 0.2) is 48.6 Å². The largest absolute Gasteiger partial charge is 0.394 e. The molecule has 3 heterocycles. The Morgan fingerprint density at radius 3 is 1.11 bits per heavy atom. The minimum Gasteiger partial charge on any atom is -0.394 e. The van der Waals surface area contributed by atoms with Crippen molar-refractivity contribution in [3.8, 4) is 0 Å². The van der Waals surface area contributed by atoms with Gasteiger partial charge < -0.3 is 89.9 Å². The van der Waals surface area contributed by atoms with E-state index in [2.05, 4.69) is 55.6 Å². The number of carbonyl (C=O) groups is 1. The molecule has 93 heavy (non-hydrogen) atoms. The monoisotopic (exact) mass is 1330 g/mol. The number of hydrogen-bond donors (Lipinski definition) is 12. The van der Waals surface area contributed by atoms with Crippen LogP contribution in [0, 0.1) is 0 Å². The van der Waals surface area contributed by atoms with Gasteiger partial charge in [0.05, 0.1) is 38.6 Å². The molecule has 3 rings (SSSR count). The van der Waals surface area contributed by atoms with Gasteiger partial charge in [-0.15, -0.1) is 0 Å². The van der Waals surface area contributed by atoms with Gasteiger partial charge in [0.25, 0.3) is 0 Å². The molecule has 17 atom stereocenters. The molecule has 0 radical (unpaired) electrons. The van der Waals surface area contributed by atoms with E-state index in [-0.39, 0.29) is 18.9 Å². The van der Waals surface area contributed by atoms with Gasteiger partial charge >= 0.3 is 0 Å². The summed E-state index contributed by atoms with van der Waals surface area (Å²) in [6, 6.07) is -0.973. The van der Waals surface area contributed by atoms with Crippen LogP contribution in [0.2, 0.25) is 0 Å². The van der Waals surface area contributed by atoms with Crippen LogP contribution in [0.1, 0.15) is 284 Å². The number of hydrogen-bond acceptors (Lipinski definition) is 18. The maximum atomic E-state index is 13.4. The van der Waals surface area contributed by atoms with Crippen LogP contribution in [0.5, 0.6) is 0 Å². The highest BCUT2D eigenvalue weighted by Crippen LogP contribution is 2.33. The molecule has 3 saturated heterocycles. The molecule has 12 N–H and O–H groups in total. The minimum atomic E-state index is -1.98. The molecule has 544 valence electrons. The topological polar surface area (TPSA) is 307 Å². The number of unbranched alkanes of at least 4 members (excludes halogenated alkanes) is 36. The van der Waals surface area contributed by atoms with Gasteiger partial charge in [-0.05, 0) is 57.8 Å². The molecule has 3 fully saturated rings. The van der Waals surface area contributed by atoms with E-state index >= 15 is 0 Å². The fourth-order valence-corrected chi connectivity index (χ4v) is 12.6. The van der Waals surface area contributed by atoms with Crippen LogP contribution in [-0.2, 0) is 33.2 Å². The lowest BCUT2D eigenvalue weighted by molar-refractivity contribution is -0.379. The molecule has 0 aliphatic carbocycles. The highest BCUT2D eigenvalue weighted by Gasteiger charge is 2.53. The molecule has 3 aliphatic heterocycles. The first kappa shape index (κ1) is 85.0. The number of aliphatic hydroxyl groups is 11. The lowest BCUT2D eigenvalue weighted by Gasteiger charge is -2.48. The zero-order valence-corrected chi connectivity index (χ0v) is 57.7. The third-order valence-electron chi connectivity index (χ3n) is 18.6. The molecule has 0 aromatic carbocycles. The number of rotatable bonds is 58. The third kappa shape index (κ3) is 37.0. The Hall–Kier alpha value is -2.25. The normalized spacial score (nSPS) is 27.8. The summed E-state index contributed by atoms with van der Waals surface area (Å²) in [7, 11) is 0. The summed E-state index contributed by atoms with van der Waals surface area (Å²) in [6.07, 6.45) is 41.0. The van der Waals surface area contributed by atoms with Gasteiger partial charge in [-0.25, -0.2) is 0 Å². The minimum absolute atomic E-state index is 0.245. The Labute approximate surface area is 561 Å². The van der Waals surface area contributed by atoms with Crippen molar-refractivity contribution in [2.75, 3.05) is 26.4 Å². The first-order chi connectivity index (χ1) is 45.3. The van der Waals surface area contributed by atoms with Crippen molar-refractivity contribution >= 4 is 5.91 Å². The number of amides is 1. The molecule has 3 aliphatic rings. The average molecular weight is 1330 g/mol. The Bertz CT molecular complexity index is 1870. The average Bonchev–Trinajstić information content (AvgIpc) is 0.902. The van der Waals surface area contributed by atoms with Gasteiger partial charge in [-0.3, -0.25) is 4.79 Å². The Balaban J connectivity index is 1.35. The van der Waals surface area contributed by atoms with E-state index in [1.54, 1.807) is 6.08 Å². The summed E-state index contributed by atoms with van der Waals surface area (Å²) in [5, 5.41) is 121. The van der Waals surface area contributed by atoms with E-state index < -0.39 is 124 Å². The third-order valence-corrected chi connectivity index (χ3v) is 18.6. The van der Waals surface area contributed by atoms with E-state index in [9.17, 15) is 61.0 Å². The van der Waals surface area contributed by atoms with Crippen LogP contribution >= 0.6 is 0 Å². The lowest BCUT2D eigenvalue weighted by Crippen LogP contribution is -2.66. The van der Waals surface area contributed by atoms with E-state index in [0.29, 0.717) is 6.42 Å². The molecule has 1 amide bonds. The van der Waals surface area contributed by atoms with Crippen LogP contribution in [-0.4, -0.2) is 193 Å². The summed E-state index contributed by atoms with van der Waals surface area (Å²) in [4.78, 5) is 13.4. The number of carbonyl (C=O) groups excluding carboxylic acids is 1. The maximum Gasteiger partial charge on any atom is 0.220 e. The second-order valence-corrected chi connectivity index (χ2v) is 26.8. The van der Waals surface area contributed by atoms with Gasteiger partial charge in [0.1, 0.15) is 73.2 Å². The second kappa shape index (κ2) is 55.6. The Kier molecular flexibility index (Phi) is 50.8. The smallest absolute Gasteiger partial charge is 0.220 e. The summed E-state index contributed by atoms with van der Waals surface area (Å²) in [5.41, 5.74) is 0. The highest BCUT2D eigenvalue weighted by atomic mass is 16.8. The molecule has 17 unspecified atom stereocenters. The van der Waals surface area contributed by atoms with E-state index in [0.717, 1.165) is 57.8 Å². The molecule has 0 spiro atoms. The number of nitrogens with one attached hydrogen (secondary N) is 1. The lowest BCUT2D eigenvalue weighted by atomic mass is 9.96. The summed E-state index contributed by atoms with van der Waals surface area (Å²) in [6.45, 7) is 1.74. The van der Waals surface area contributed by atoms with Crippen LogP contribution in [0.4, 0.5) is 0 Å². The highest BCUT2D eigenvalue weighted by molar-refractivity contribution is 5.76. The zero-order valence-electron chi connectivity index (χ0n) is 57.7. The van der Waals surface area contributed by atoms with Crippen LogP contribution in [0.25, 0.3) is 0 Å². The number of ether oxygens (including phenoxy) is 6. The van der Waals surface area contributed by atoms with E-state index in [1.165, 1.54) is 199 Å². The van der Waals surface area contributed by atoms with E-state index in [1.807, 2.05) is 6.08 Å².